The quantitative estimate of drug-likeness (QED) is 0.474. The summed E-state index contributed by atoms with van der Waals surface area (Å²) in [6.07, 6.45) is 10.4. The highest BCUT2D eigenvalue weighted by Gasteiger charge is 1.82. The monoisotopic (exact) mass is 166 g/mol. The first-order valence-electron chi connectivity index (χ1n) is 3.70. The first-order valence-corrected chi connectivity index (χ1v) is 3.70. The van der Waals surface area contributed by atoms with E-state index in [0.29, 0.717) is 0 Å². The van der Waals surface area contributed by atoms with Crippen molar-refractivity contribution in [2.24, 2.45) is 0 Å². The molecule has 0 aromatic rings. The summed E-state index contributed by atoms with van der Waals surface area (Å²) in [5.74, 6) is -0.0998. The molecule has 0 fully saturated rings. The molecule has 0 radical (unpaired) electrons. The third-order valence-electron chi connectivity index (χ3n) is 1.09. The number of hydrogen-bond donors (Lipinski definition) is 2. The Morgan fingerprint density at radius 1 is 1.08 bits per heavy atom. The molecule has 0 atom stereocenters. The highest BCUT2D eigenvalue weighted by molar-refractivity contribution is 5.87. The van der Waals surface area contributed by atoms with Gasteiger partial charge in [0.15, 0.2) is 0 Å². The molecule has 3 heteroatoms. The lowest BCUT2D eigenvalue weighted by Gasteiger charge is -1.85. The Hall–Kier alpha value is -1.51. The molecule has 0 unspecified atom stereocenters. The van der Waals surface area contributed by atoms with Gasteiger partial charge in [0.2, 0.25) is 5.91 Å². The average Bonchev–Trinajstić information content (AvgIpc) is 2.10. The van der Waals surface area contributed by atoms with E-state index in [-0.39, 0.29) is 5.91 Å². The van der Waals surface area contributed by atoms with Crippen molar-refractivity contribution < 1.29 is 4.79 Å². The number of nitrogens with one attached hydrogen (secondary N) is 2. The summed E-state index contributed by atoms with van der Waals surface area (Å²) in [5.41, 5.74) is 0. The summed E-state index contributed by atoms with van der Waals surface area (Å²) in [6, 6.07) is 0. The molecule has 0 aliphatic rings. The van der Waals surface area contributed by atoms with Crippen molar-refractivity contribution in [2.75, 3.05) is 14.1 Å². The number of amides is 1. The van der Waals surface area contributed by atoms with E-state index < -0.39 is 0 Å². The lowest BCUT2D eigenvalue weighted by molar-refractivity contribution is -0.116. The van der Waals surface area contributed by atoms with Gasteiger partial charge in [-0.1, -0.05) is 18.2 Å². The second-order valence-corrected chi connectivity index (χ2v) is 2.01. The van der Waals surface area contributed by atoms with Gasteiger partial charge in [0.05, 0.1) is 0 Å². The Labute approximate surface area is 72.9 Å². The van der Waals surface area contributed by atoms with E-state index >= 15 is 0 Å². The van der Waals surface area contributed by atoms with Gasteiger partial charge in [-0.05, 0) is 12.3 Å². The molecule has 0 spiro atoms. The van der Waals surface area contributed by atoms with Crippen LogP contribution in [0.3, 0.4) is 0 Å². The number of likely N-dealkylation sites (N-methyl/N-ethyl adjacent to an activating group) is 1. The standard InChI is InChI=1S/C9H14N2O/c1-10-8-6-4-3-5-7-9(12)11-2/h3-8,10H,1-2H3,(H,11,12). The third-order valence-corrected chi connectivity index (χ3v) is 1.09. The third kappa shape index (κ3) is 6.61. The van der Waals surface area contributed by atoms with Crippen LogP contribution in [0, 0.1) is 0 Å². The molecule has 0 saturated heterocycles. The van der Waals surface area contributed by atoms with Crippen molar-refractivity contribution in [3.8, 4) is 0 Å². The van der Waals surface area contributed by atoms with Crippen molar-refractivity contribution >= 4 is 5.91 Å². The Balaban J connectivity index is 3.66. The fraction of sp³-hybridized carbons (Fsp3) is 0.222. The molecule has 2 N–H and O–H groups in total. The van der Waals surface area contributed by atoms with E-state index in [1.54, 1.807) is 25.4 Å². The zero-order chi connectivity index (χ0) is 9.23. The summed E-state index contributed by atoms with van der Waals surface area (Å²) in [6.45, 7) is 0. The van der Waals surface area contributed by atoms with Crippen LogP contribution in [0.2, 0.25) is 0 Å². The maximum atomic E-state index is 10.6. The lowest BCUT2D eigenvalue weighted by atomic mass is 10.4. The Kier molecular flexibility index (Phi) is 6.64. The summed E-state index contributed by atoms with van der Waals surface area (Å²) < 4.78 is 0. The zero-order valence-electron chi connectivity index (χ0n) is 7.37. The van der Waals surface area contributed by atoms with Gasteiger partial charge in [-0.3, -0.25) is 4.79 Å². The second-order valence-electron chi connectivity index (χ2n) is 2.01. The molecule has 66 valence electrons. The Morgan fingerprint density at radius 2 is 1.75 bits per heavy atom. The number of carbonyl (C=O) groups excluding carboxylic acids is 1. The Morgan fingerprint density at radius 3 is 2.33 bits per heavy atom. The van der Waals surface area contributed by atoms with Crippen LogP contribution >= 0.6 is 0 Å². The van der Waals surface area contributed by atoms with Gasteiger partial charge in [0, 0.05) is 20.2 Å². The molecule has 0 bridgehead atoms. The van der Waals surface area contributed by atoms with Crippen LogP contribution in [-0.2, 0) is 4.79 Å². The SMILES string of the molecule is CNC=CC=CC=CC(=O)NC. The van der Waals surface area contributed by atoms with Gasteiger partial charge in [-0.2, -0.15) is 0 Å². The number of hydrogen-bond acceptors (Lipinski definition) is 2. The van der Waals surface area contributed by atoms with E-state index in [9.17, 15) is 4.79 Å². The maximum absolute atomic E-state index is 10.6. The predicted molar refractivity (Wildman–Crippen MR) is 50.5 cm³/mol. The minimum Gasteiger partial charge on any atom is -0.394 e. The molecule has 0 aliphatic carbocycles. The van der Waals surface area contributed by atoms with Crippen LogP contribution in [0.25, 0.3) is 0 Å². The molecule has 0 rings (SSSR count). The van der Waals surface area contributed by atoms with Gasteiger partial charge in [0.25, 0.3) is 0 Å². The highest BCUT2D eigenvalue weighted by atomic mass is 16.1. The predicted octanol–water partition coefficient (Wildman–Crippen LogP) is 0.578. The molecule has 0 saturated carbocycles. The second kappa shape index (κ2) is 7.60. The normalized spacial score (nSPS) is 11.5. The van der Waals surface area contributed by atoms with Crippen LogP contribution in [0.1, 0.15) is 0 Å². The molecule has 0 aromatic carbocycles. The van der Waals surface area contributed by atoms with Gasteiger partial charge in [0.1, 0.15) is 0 Å². The summed E-state index contributed by atoms with van der Waals surface area (Å²) in [5, 5.41) is 5.32. The zero-order valence-corrected chi connectivity index (χ0v) is 7.37. The topological polar surface area (TPSA) is 41.1 Å². The van der Waals surface area contributed by atoms with E-state index in [1.807, 2.05) is 19.2 Å². The van der Waals surface area contributed by atoms with Crippen molar-refractivity contribution in [3.63, 3.8) is 0 Å². The first kappa shape index (κ1) is 10.5. The highest BCUT2D eigenvalue weighted by Crippen LogP contribution is 1.78. The number of carbonyl (C=O) groups is 1. The van der Waals surface area contributed by atoms with Crippen LogP contribution < -0.4 is 10.6 Å². The molecule has 0 aliphatic heterocycles. The fourth-order valence-electron chi connectivity index (χ4n) is 0.506. The van der Waals surface area contributed by atoms with Crippen LogP contribution in [0.15, 0.2) is 36.6 Å². The molecule has 12 heavy (non-hydrogen) atoms. The van der Waals surface area contributed by atoms with Crippen LogP contribution in [0.4, 0.5) is 0 Å². The number of allylic oxidation sites excluding steroid dienone is 4. The average molecular weight is 166 g/mol. The van der Waals surface area contributed by atoms with Gasteiger partial charge < -0.3 is 10.6 Å². The fourth-order valence-corrected chi connectivity index (χ4v) is 0.506. The van der Waals surface area contributed by atoms with E-state index in [1.165, 1.54) is 6.08 Å². The summed E-state index contributed by atoms with van der Waals surface area (Å²) in [4.78, 5) is 10.6. The number of rotatable bonds is 4. The molecule has 0 aromatic heterocycles. The van der Waals surface area contributed by atoms with Crippen molar-refractivity contribution in [3.05, 3.63) is 36.6 Å². The minimum atomic E-state index is -0.0998. The van der Waals surface area contributed by atoms with Gasteiger partial charge in [-0.25, -0.2) is 0 Å². The van der Waals surface area contributed by atoms with Crippen molar-refractivity contribution in [1.82, 2.24) is 10.6 Å². The van der Waals surface area contributed by atoms with Gasteiger partial charge >= 0.3 is 0 Å². The van der Waals surface area contributed by atoms with Gasteiger partial charge in [-0.15, -0.1) is 0 Å². The van der Waals surface area contributed by atoms with E-state index in [2.05, 4.69) is 10.6 Å². The van der Waals surface area contributed by atoms with E-state index in [0.717, 1.165) is 0 Å². The smallest absolute Gasteiger partial charge is 0.243 e. The first-order chi connectivity index (χ1) is 5.81. The minimum absolute atomic E-state index is 0.0998. The molecular formula is C9H14N2O. The molecule has 3 nitrogen and oxygen atoms in total. The molecule has 1 amide bonds. The largest absolute Gasteiger partial charge is 0.394 e. The van der Waals surface area contributed by atoms with E-state index in [4.69, 9.17) is 0 Å². The summed E-state index contributed by atoms with van der Waals surface area (Å²) >= 11 is 0. The Bertz CT molecular complexity index is 205. The molecule has 0 heterocycles. The summed E-state index contributed by atoms with van der Waals surface area (Å²) in [7, 11) is 3.42. The maximum Gasteiger partial charge on any atom is 0.243 e. The van der Waals surface area contributed by atoms with Crippen molar-refractivity contribution in [1.29, 1.82) is 0 Å². The molecular weight excluding hydrogens is 152 g/mol. The van der Waals surface area contributed by atoms with Crippen molar-refractivity contribution in [2.45, 2.75) is 0 Å². The van der Waals surface area contributed by atoms with Crippen LogP contribution in [-0.4, -0.2) is 20.0 Å². The van der Waals surface area contributed by atoms with Crippen LogP contribution in [0.5, 0.6) is 0 Å². The lowest BCUT2D eigenvalue weighted by Crippen LogP contribution is -2.13.